The van der Waals surface area contributed by atoms with E-state index in [4.69, 9.17) is 5.73 Å². The molecule has 0 aliphatic rings. The van der Waals surface area contributed by atoms with Gasteiger partial charge in [0, 0.05) is 0 Å². The second kappa shape index (κ2) is 2.49. The summed E-state index contributed by atoms with van der Waals surface area (Å²) in [6.07, 6.45) is 0. The van der Waals surface area contributed by atoms with E-state index in [0.717, 1.165) is 7.11 Å². The number of carbonyl (C=O) groups is 1. The highest BCUT2D eigenvalue weighted by Crippen LogP contribution is 2.04. The van der Waals surface area contributed by atoms with E-state index >= 15 is 0 Å². The van der Waals surface area contributed by atoms with E-state index in [0.29, 0.717) is 0 Å². The zero-order chi connectivity index (χ0) is 8.43. The lowest BCUT2D eigenvalue weighted by atomic mass is 10.3. The van der Waals surface area contributed by atoms with Crippen LogP contribution >= 0.6 is 0 Å². The summed E-state index contributed by atoms with van der Waals surface area (Å²) in [5.74, 6) is -1.07. The molecule has 0 aliphatic carbocycles. The Labute approximate surface area is 60.9 Å². The van der Waals surface area contributed by atoms with Crippen LogP contribution in [0.5, 0.6) is 0 Å². The number of ether oxygens (including phenoxy) is 1. The van der Waals surface area contributed by atoms with Gasteiger partial charge in [0.15, 0.2) is 5.56 Å². The number of nitrogen functional groups attached to an aromatic ring is 1. The number of nitrogens with one attached hydrogen (secondary N) is 1. The summed E-state index contributed by atoms with van der Waals surface area (Å²) < 4.78 is 8.61. The number of aromatic amines is 1. The summed E-state index contributed by atoms with van der Waals surface area (Å²) in [5.41, 5.74) is 4.13. The maximum absolute atomic E-state index is 10.7. The molecule has 0 unspecified atom stereocenters. The fourth-order valence-electron chi connectivity index (χ4n) is 0.611. The number of hydrogen-bond donors (Lipinski definition) is 2. The van der Waals surface area contributed by atoms with Gasteiger partial charge in [-0.25, -0.2) is 4.79 Å². The van der Waals surface area contributed by atoms with Crippen LogP contribution in [-0.2, 0) is 4.74 Å². The largest absolute Gasteiger partial charge is 0.465 e. The van der Waals surface area contributed by atoms with Crippen LogP contribution < -0.4 is 11.3 Å². The summed E-state index contributed by atoms with van der Waals surface area (Å²) in [4.78, 5) is 21.4. The van der Waals surface area contributed by atoms with Crippen molar-refractivity contribution in [1.82, 2.24) is 5.16 Å². The molecular formula is C5H6N2O4. The zero-order valence-electron chi connectivity index (χ0n) is 5.71. The molecule has 3 N–H and O–H groups in total. The van der Waals surface area contributed by atoms with E-state index in [2.05, 4.69) is 9.26 Å². The molecule has 0 aliphatic heterocycles. The molecule has 0 bridgehead atoms. The third kappa shape index (κ3) is 1.09. The van der Waals surface area contributed by atoms with Crippen LogP contribution in [0.2, 0.25) is 0 Å². The molecule has 0 radical (unpaired) electrons. The molecule has 0 amide bonds. The van der Waals surface area contributed by atoms with Gasteiger partial charge in [-0.05, 0) is 0 Å². The van der Waals surface area contributed by atoms with Crippen LogP contribution in [0.4, 0.5) is 5.88 Å². The van der Waals surface area contributed by atoms with Crippen molar-refractivity contribution >= 4 is 11.9 Å². The Bertz CT molecular complexity index is 323. The summed E-state index contributed by atoms with van der Waals surface area (Å²) in [6.45, 7) is 0. The SMILES string of the molecule is COC(=O)c1c(N)o[nH]c1=O. The minimum Gasteiger partial charge on any atom is -0.465 e. The number of carbonyl (C=O) groups excluding carboxylic acids is 1. The summed E-state index contributed by atoms with van der Waals surface area (Å²) in [6, 6.07) is 0. The van der Waals surface area contributed by atoms with Crippen LogP contribution in [0.25, 0.3) is 0 Å². The van der Waals surface area contributed by atoms with E-state index < -0.39 is 11.5 Å². The third-order valence-corrected chi connectivity index (χ3v) is 1.12. The van der Waals surface area contributed by atoms with Gasteiger partial charge in [-0.1, -0.05) is 0 Å². The Morgan fingerprint density at radius 3 is 2.73 bits per heavy atom. The quantitative estimate of drug-likeness (QED) is 0.528. The van der Waals surface area contributed by atoms with Crippen molar-refractivity contribution in [3.63, 3.8) is 0 Å². The van der Waals surface area contributed by atoms with E-state index in [9.17, 15) is 9.59 Å². The Kier molecular flexibility index (Phi) is 1.67. The molecule has 1 aromatic rings. The Morgan fingerprint density at radius 1 is 1.73 bits per heavy atom. The smallest absolute Gasteiger partial charge is 0.349 e. The van der Waals surface area contributed by atoms with E-state index in [1.54, 1.807) is 0 Å². The number of methoxy groups -OCH3 is 1. The predicted octanol–water partition coefficient (Wildman–Crippen LogP) is -0.663. The van der Waals surface area contributed by atoms with Gasteiger partial charge in [0.2, 0.25) is 5.88 Å². The first-order valence-electron chi connectivity index (χ1n) is 2.72. The maximum atomic E-state index is 10.7. The molecule has 0 aromatic carbocycles. The lowest BCUT2D eigenvalue weighted by Gasteiger charge is -1.91. The van der Waals surface area contributed by atoms with E-state index in [-0.39, 0.29) is 11.4 Å². The second-order valence-electron chi connectivity index (χ2n) is 1.76. The molecule has 1 rings (SSSR count). The van der Waals surface area contributed by atoms with Gasteiger partial charge in [-0.3, -0.25) is 4.79 Å². The van der Waals surface area contributed by atoms with Gasteiger partial charge in [0.25, 0.3) is 5.56 Å². The molecule has 1 aromatic heterocycles. The highest BCUT2D eigenvalue weighted by atomic mass is 16.5. The fraction of sp³-hybridized carbons (Fsp3) is 0.200. The number of anilines is 1. The van der Waals surface area contributed by atoms with Crippen molar-refractivity contribution in [2.24, 2.45) is 0 Å². The molecular weight excluding hydrogens is 152 g/mol. The lowest BCUT2D eigenvalue weighted by Crippen LogP contribution is -2.14. The number of esters is 1. The zero-order valence-corrected chi connectivity index (χ0v) is 5.71. The van der Waals surface area contributed by atoms with Crippen LogP contribution in [0, 0.1) is 0 Å². The van der Waals surface area contributed by atoms with Crippen LogP contribution in [0.3, 0.4) is 0 Å². The van der Waals surface area contributed by atoms with Crippen LogP contribution in [0.1, 0.15) is 10.4 Å². The predicted molar refractivity (Wildman–Crippen MR) is 35.1 cm³/mol. The summed E-state index contributed by atoms with van der Waals surface area (Å²) >= 11 is 0. The minimum absolute atomic E-state index is 0.262. The second-order valence-corrected chi connectivity index (χ2v) is 1.76. The van der Waals surface area contributed by atoms with Crippen molar-refractivity contribution in [2.45, 2.75) is 0 Å². The first-order valence-corrected chi connectivity index (χ1v) is 2.72. The fourth-order valence-corrected chi connectivity index (χ4v) is 0.611. The molecule has 6 heteroatoms. The van der Waals surface area contributed by atoms with Gasteiger partial charge in [0.05, 0.1) is 7.11 Å². The molecule has 0 fully saturated rings. The number of rotatable bonds is 1. The molecule has 0 saturated heterocycles. The van der Waals surface area contributed by atoms with Crippen molar-refractivity contribution in [3.8, 4) is 0 Å². The highest BCUT2D eigenvalue weighted by Gasteiger charge is 2.18. The number of H-pyrrole nitrogens is 1. The van der Waals surface area contributed by atoms with Gasteiger partial charge >= 0.3 is 5.97 Å². The molecule has 1 heterocycles. The third-order valence-electron chi connectivity index (χ3n) is 1.12. The number of hydrogen-bond acceptors (Lipinski definition) is 5. The molecule has 0 saturated carbocycles. The average molecular weight is 158 g/mol. The molecule has 60 valence electrons. The maximum Gasteiger partial charge on any atom is 0.349 e. The molecule has 11 heavy (non-hydrogen) atoms. The topological polar surface area (TPSA) is 98.3 Å². The minimum atomic E-state index is -0.808. The van der Waals surface area contributed by atoms with Gasteiger partial charge in [0.1, 0.15) is 0 Å². The molecule has 6 nitrogen and oxygen atoms in total. The van der Waals surface area contributed by atoms with Crippen molar-refractivity contribution < 1.29 is 14.1 Å². The van der Waals surface area contributed by atoms with Gasteiger partial charge in [-0.15, -0.1) is 0 Å². The van der Waals surface area contributed by atoms with Crippen molar-refractivity contribution in [1.29, 1.82) is 0 Å². The Balaban J connectivity index is 3.21. The van der Waals surface area contributed by atoms with Crippen molar-refractivity contribution in [2.75, 3.05) is 12.8 Å². The van der Waals surface area contributed by atoms with Crippen LogP contribution in [0.15, 0.2) is 9.32 Å². The Hall–Kier alpha value is -1.72. The van der Waals surface area contributed by atoms with Gasteiger partial charge in [-0.2, -0.15) is 5.16 Å². The normalized spacial score (nSPS) is 9.55. The monoisotopic (exact) mass is 158 g/mol. The van der Waals surface area contributed by atoms with Crippen LogP contribution in [-0.4, -0.2) is 18.2 Å². The van der Waals surface area contributed by atoms with Gasteiger partial charge < -0.3 is 15.0 Å². The van der Waals surface area contributed by atoms with Crippen molar-refractivity contribution in [3.05, 3.63) is 15.9 Å². The standard InChI is InChI=1S/C5H6N2O4/c1-10-5(9)2-3(6)11-7-4(2)8/h6H2,1H3,(H,7,8). The average Bonchev–Trinajstić information content (AvgIpc) is 2.30. The Morgan fingerprint density at radius 2 is 2.36 bits per heavy atom. The number of nitrogens with two attached hydrogens (primary N) is 1. The summed E-state index contributed by atoms with van der Waals surface area (Å²) in [5, 5.41) is 1.90. The molecule has 0 atom stereocenters. The first kappa shape index (κ1) is 7.39. The lowest BCUT2D eigenvalue weighted by molar-refractivity contribution is 0.0600. The summed E-state index contributed by atoms with van der Waals surface area (Å²) in [7, 11) is 1.15. The number of aromatic nitrogens is 1. The van der Waals surface area contributed by atoms with E-state index in [1.165, 1.54) is 0 Å². The highest BCUT2D eigenvalue weighted by molar-refractivity contribution is 5.93. The molecule has 0 spiro atoms. The first-order chi connectivity index (χ1) is 5.16. The van der Waals surface area contributed by atoms with E-state index in [1.807, 2.05) is 5.16 Å².